The first-order chi connectivity index (χ1) is 11.3. The van der Waals surface area contributed by atoms with Gasteiger partial charge in [0.25, 0.3) is 0 Å². The van der Waals surface area contributed by atoms with E-state index in [1.807, 2.05) is 24.0 Å². The van der Waals surface area contributed by atoms with E-state index >= 15 is 0 Å². The number of aromatic nitrogens is 2. The predicted molar refractivity (Wildman–Crippen MR) is 93.5 cm³/mol. The fourth-order valence-electron chi connectivity index (χ4n) is 3.93. The summed E-state index contributed by atoms with van der Waals surface area (Å²) in [4.78, 5) is 0. The Morgan fingerprint density at radius 2 is 2.29 bits per heavy atom. The van der Waals surface area contributed by atoms with E-state index in [4.69, 9.17) is 4.74 Å². The molecular weight excluding hydrogens is 326 g/mol. The zero-order valence-electron chi connectivity index (χ0n) is 14.9. The molecule has 7 heteroatoms. The molecule has 3 rings (SSSR count). The lowest BCUT2D eigenvalue weighted by Gasteiger charge is -2.23. The van der Waals surface area contributed by atoms with Gasteiger partial charge in [0, 0.05) is 31.5 Å². The molecular formula is C17H29N3O3S. The highest BCUT2D eigenvalue weighted by atomic mass is 32.2. The first-order valence-corrected chi connectivity index (χ1v) is 10.7. The molecule has 0 radical (unpaired) electrons. The summed E-state index contributed by atoms with van der Waals surface area (Å²) in [6.07, 6.45) is 5.93. The molecule has 0 aliphatic carbocycles. The van der Waals surface area contributed by atoms with Gasteiger partial charge in [0.1, 0.15) is 0 Å². The lowest BCUT2D eigenvalue weighted by Crippen LogP contribution is -2.32. The highest BCUT2D eigenvalue weighted by molar-refractivity contribution is 7.91. The van der Waals surface area contributed by atoms with E-state index in [1.165, 1.54) is 0 Å². The van der Waals surface area contributed by atoms with Gasteiger partial charge in [-0.15, -0.1) is 0 Å². The van der Waals surface area contributed by atoms with E-state index in [0.29, 0.717) is 24.4 Å². The van der Waals surface area contributed by atoms with Gasteiger partial charge in [-0.25, -0.2) is 8.42 Å². The van der Waals surface area contributed by atoms with Gasteiger partial charge in [-0.3, -0.25) is 4.68 Å². The number of sulfone groups is 1. The number of ether oxygens (including phenoxy) is 1. The monoisotopic (exact) mass is 355 g/mol. The summed E-state index contributed by atoms with van der Waals surface area (Å²) in [5.74, 6) is 1.56. The van der Waals surface area contributed by atoms with Crippen LogP contribution < -0.4 is 5.32 Å². The predicted octanol–water partition coefficient (Wildman–Crippen LogP) is 1.57. The van der Waals surface area contributed by atoms with Gasteiger partial charge in [-0.05, 0) is 31.6 Å². The van der Waals surface area contributed by atoms with Crippen LogP contribution in [0.25, 0.3) is 0 Å². The van der Waals surface area contributed by atoms with Crippen LogP contribution in [0.5, 0.6) is 0 Å². The average molecular weight is 356 g/mol. The minimum atomic E-state index is -2.93. The van der Waals surface area contributed by atoms with Crippen LogP contribution in [0.3, 0.4) is 0 Å². The van der Waals surface area contributed by atoms with Crippen molar-refractivity contribution < 1.29 is 13.2 Å². The molecule has 0 aromatic carbocycles. The second-order valence-electron chi connectivity index (χ2n) is 7.89. The van der Waals surface area contributed by atoms with Crippen LogP contribution in [0.15, 0.2) is 12.4 Å². The molecule has 2 aliphatic rings. The highest BCUT2D eigenvalue weighted by Gasteiger charge is 2.40. The van der Waals surface area contributed by atoms with Crippen LogP contribution in [-0.4, -0.2) is 49.0 Å². The summed E-state index contributed by atoms with van der Waals surface area (Å²) < 4.78 is 31.2. The van der Waals surface area contributed by atoms with E-state index in [1.54, 1.807) is 0 Å². The highest BCUT2D eigenvalue weighted by Crippen LogP contribution is 2.30. The Morgan fingerprint density at radius 1 is 1.50 bits per heavy atom. The van der Waals surface area contributed by atoms with Crippen LogP contribution in [0, 0.1) is 11.8 Å². The van der Waals surface area contributed by atoms with E-state index in [9.17, 15) is 8.42 Å². The maximum absolute atomic E-state index is 11.8. The first-order valence-electron chi connectivity index (χ1n) is 8.86. The molecule has 0 bridgehead atoms. The lowest BCUT2D eigenvalue weighted by molar-refractivity contribution is 0.0539. The summed E-state index contributed by atoms with van der Waals surface area (Å²) in [5, 5.41) is 7.93. The molecule has 6 nitrogen and oxygen atoms in total. The fraction of sp³-hybridized carbons (Fsp3) is 0.824. The van der Waals surface area contributed by atoms with Crippen molar-refractivity contribution in [2.45, 2.75) is 51.8 Å². The molecule has 2 saturated heterocycles. The third kappa shape index (κ3) is 3.83. The molecule has 24 heavy (non-hydrogen) atoms. The van der Waals surface area contributed by atoms with Crippen molar-refractivity contribution in [3.63, 3.8) is 0 Å². The number of hydrogen-bond acceptors (Lipinski definition) is 5. The third-order valence-corrected chi connectivity index (χ3v) is 7.22. The molecule has 2 aliphatic heterocycles. The van der Waals surface area contributed by atoms with Gasteiger partial charge in [0.15, 0.2) is 9.84 Å². The Labute approximate surface area is 144 Å². The van der Waals surface area contributed by atoms with E-state index < -0.39 is 15.4 Å². The van der Waals surface area contributed by atoms with Crippen molar-refractivity contribution in [1.29, 1.82) is 0 Å². The standard InChI is InChI=1S/C17H29N3O3S/c1-13(2)16-15(4-6-23-16)10-18-8-14-9-19-20(11-14)17(3)5-7-24(21,22)12-17/h9,11,13,15-16,18H,4-8,10,12H2,1-3H3/t15-,16-,17+/m1/s1. The van der Waals surface area contributed by atoms with Gasteiger partial charge in [-0.2, -0.15) is 5.10 Å². The Balaban J connectivity index is 1.54. The van der Waals surface area contributed by atoms with Crippen molar-refractivity contribution in [3.05, 3.63) is 18.0 Å². The molecule has 1 aromatic rings. The lowest BCUT2D eigenvalue weighted by atomic mass is 9.93. The average Bonchev–Trinajstić information content (AvgIpc) is 3.19. The molecule has 0 amide bonds. The summed E-state index contributed by atoms with van der Waals surface area (Å²) in [7, 11) is -2.93. The maximum atomic E-state index is 11.8. The number of nitrogens with one attached hydrogen (secondary N) is 1. The Bertz CT molecular complexity index is 670. The van der Waals surface area contributed by atoms with Gasteiger partial charge < -0.3 is 10.1 Å². The minimum absolute atomic E-state index is 0.185. The van der Waals surface area contributed by atoms with Crippen molar-refractivity contribution in [2.24, 2.45) is 11.8 Å². The second kappa shape index (κ2) is 6.77. The summed E-state index contributed by atoms with van der Waals surface area (Å²) in [6, 6.07) is 0. The van der Waals surface area contributed by atoms with Gasteiger partial charge in [0.05, 0.1) is 29.3 Å². The molecule has 2 fully saturated rings. The van der Waals surface area contributed by atoms with Gasteiger partial charge in [-0.1, -0.05) is 13.8 Å². The van der Waals surface area contributed by atoms with Crippen LogP contribution >= 0.6 is 0 Å². The molecule has 0 saturated carbocycles. The van der Waals surface area contributed by atoms with E-state index in [0.717, 1.165) is 31.7 Å². The Morgan fingerprint density at radius 3 is 2.96 bits per heavy atom. The Kier molecular flexibility index (Phi) is 5.04. The van der Waals surface area contributed by atoms with Crippen LogP contribution in [0.2, 0.25) is 0 Å². The number of rotatable bonds is 6. The van der Waals surface area contributed by atoms with Crippen molar-refractivity contribution in [2.75, 3.05) is 24.7 Å². The van der Waals surface area contributed by atoms with Crippen LogP contribution in [-0.2, 0) is 26.7 Å². The van der Waals surface area contributed by atoms with Crippen molar-refractivity contribution in [3.8, 4) is 0 Å². The summed E-state index contributed by atoms with van der Waals surface area (Å²) >= 11 is 0. The van der Waals surface area contributed by atoms with E-state index in [-0.39, 0.29) is 11.5 Å². The topological polar surface area (TPSA) is 73.2 Å². The quantitative estimate of drug-likeness (QED) is 0.838. The zero-order valence-corrected chi connectivity index (χ0v) is 15.7. The Hall–Kier alpha value is -0.920. The minimum Gasteiger partial charge on any atom is -0.378 e. The van der Waals surface area contributed by atoms with Gasteiger partial charge in [0.2, 0.25) is 0 Å². The van der Waals surface area contributed by atoms with Crippen molar-refractivity contribution in [1.82, 2.24) is 15.1 Å². The van der Waals surface area contributed by atoms with Crippen LogP contribution in [0.1, 0.15) is 39.2 Å². The third-order valence-electron chi connectivity index (χ3n) is 5.33. The second-order valence-corrected chi connectivity index (χ2v) is 10.1. The smallest absolute Gasteiger partial charge is 0.152 e. The SMILES string of the molecule is CC(C)[C@H]1OCC[C@@H]1CNCc1cnn([C@@]2(C)CCS(=O)(=O)C2)c1. The van der Waals surface area contributed by atoms with Gasteiger partial charge >= 0.3 is 0 Å². The number of hydrogen-bond donors (Lipinski definition) is 1. The van der Waals surface area contributed by atoms with E-state index in [2.05, 4.69) is 24.3 Å². The summed E-state index contributed by atoms with van der Waals surface area (Å²) in [5.41, 5.74) is 0.694. The maximum Gasteiger partial charge on any atom is 0.152 e. The molecule has 1 N–H and O–H groups in total. The summed E-state index contributed by atoms with van der Waals surface area (Å²) in [6.45, 7) is 8.96. The molecule has 136 valence electrons. The largest absolute Gasteiger partial charge is 0.378 e. The van der Waals surface area contributed by atoms with Crippen LogP contribution in [0.4, 0.5) is 0 Å². The molecule has 0 spiro atoms. The normalized spacial score (nSPS) is 32.7. The molecule has 3 heterocycles. The first kappa shape index (κ1) is 17.9. The molecule has 0 unspecified atom stereocenters. The fourth-order valence-corrected chi connectivity index (χ4v) is 6.05. The zero-order chi connectivity index (χ0) is 17.4. The molecule has 3 atom stereocenters. The van der Waals surface area contributed by atoms with Crippen molar-refractivity contribution >= 4 is 9.84 Å². The molecule has 1 aromatic heterocycles. The number of nitrogens with zero attached hydrogens (tertiary/aromatic N) is 2.